The number of hydrogen-bond donors (Lipinski definition) is 0. The highest BCUT2D eigenvalue weighted by Gasteiger charge is 2.47. The fourth-order valence-electron chi connectivity index (χ4n) is 4.42. The van der Waals surface area contributed by atoms with Crippen LogP contribution in [0.15, 0.2) is 4.79 Å². The molecule has 2 fully saturated rings. The molecule has 0 unspecified atom stereocenters. The molecule has 2 aromatic heterocycles. The van der Waals surface area contributed by atoms with E-state index in [1.165, 1.54) is 11.6 Å². The summed E-state index contributed by atoms with van der Waals surface area (Å²) < 4.78 is 9.21. The van der Waals surface area contributed by atoms with Crippen LogP contribution in [0.4, 0.5) is 5.95 Å². The molecular formula is C18H24IN5O3. The number of rotatable bonds is 1. The van der Waals surface area contributed by atoms with Crippen molar-refractivity contribution in [3.05, 3.63) is 14.1 Å². The van der Waals surface area contributed by atoms with Gasteiger partial charge in [0.05, 0.1) is 12.7 Å². The van der Waals surface area contributed by atoms with E-state index in [-0.39, 0.29) is 16.9 Å². The predicted molar refractivity (Wildman–Crippen MR) is 110 cm³/mol. The van der Waals surface area contributed by atoms with Crippen LogP contribution in [0, 0.1) is 15.0 Å². The molecule has 0 N–H and O–H groups in total. The molecule has 2 atom stereocenters. The second-order valence-corrected chi connectivity index (χ2v) is 8.87. The molecule has 8 nitrogen and oxygen atoms in total. The van der Waals surface area contributed by atoms with E-state index in [1.807, 2.05) is 22.6 Å². The summed E-state index contributed by atoms with van der Waals surface area (Å²) in [5, 5.41) is 4.60. The van der Waals surface area contributed by atoms with Crippen LogP contribution in [-0.2, 0) is 11.8 Å². The Morgan fingerprint density at radius 1 is 1.30 bits per heavy atom. The minimum atomic E-state index is -0.252. The summed E-state index contributed by atoms with van der Waals surface area (Å²) in [6.45, 7) is 8.30. The standard InChI is InChI=1S/C18H24IN5O3/c1-10-11(2)27-9-18(10)5-7-23(8-6-18)17-20-15-13(16(26)22(17)4)14(19)21-24(15)12(3)25/h10-11H,5-9H2,1-4H3/t10-,11+/m1/s1. The number of fused-ring (bicyclic) bond motifs is 1. The quantitative estimate of drug-likeness (QED) is 0.576. The van der Waals surface area contributed by atoms with Gasteiger partial charge in [-0.1, -0.05) is 6.92 Å². The van der Waals surface area contributed by atoms with Gasteiger partial charge in [-0.3, -0.25) is 14.2 Å². The van der Waals surface area contributed by atoms with E-state index in [4.69, 9.17) is 4.74 Å². The van der Waals surface area contributed by atoms with Crippen LogP contribution in [0.25, 0.3) is 11.0 Å². The van der Waals surface area contributed by atoms with Gasteiger partial charge < -0.3 is 9.64 Å². The second-order valence-electron chi connectivity index (χ2n) is 7.85. The molecule has 1 spiro atoms. The van der Waals surface area contributed by atoms with Crippen molar-refractivity contribution in [1.29, 1.82) is 0 Å². The summed E-state index contributed by atoms with van der Waals surface area (Å²) >= 11 is 1.98. The van der Waals surface area contributed by atoms with Gasteiger partial charge in [-0.2, -0.15) is 14.8 Å². The summed E-state index contributed by atoms with van der Waals surface area (Å²) in [6.07, 6.45) is 2.31. The van der Waals surface area contributed by atoms with Crippen LogP contribution < -0.4 is 10.5 Å². The lowest BCUT2D eigenvalue weighted by molar-refractivity contribution is 0.0925. The molecule has 146 valence electrons. The predicted octanol–water partition coefficient (Wildman–Crippen LogP) is 2.04. The monoisotopic (exact) mass is 485 g/mol. The minimum absolute atomic E-state index is 0.168. The third kappa shape index (κ3) is 2.81. The number of hydrogen-bond acceptors (Lipinski definition) is 6. The Kier molecular flexibility index (Phi) is 4.57. The number of piperidine rings is 1. The number of ether oxygens (including phenoxy) is 1. The van der Waals surface area contributed by atoms with Crippen LogP contribution in [0.3, 0.4) is 0 Å². The number of halogens is 1. The van der Waals surface area contributed by atoms with Crippen molar-refractivity contribution in [1.82, 2.24) is 19.3 Å². The Balaban J connectivity index is 1.71. The Hall–Kier alpha value is -1.49. The summed E-state index contributed by atoms with van der Waals surface area (Å²) in [4.78, 5) is 31.6. The smallest absolute Gasteiger partial charge is 0.266 e. The van der Waals surface area contributed by atoms with Gasteiger partial charge in [-0.05, 0) is 48.3 Å². The largest absolute Gasteiger partial charge is 0.378 e. The second kappa shape index (κ2) is 6.54. The van der Waals surface area contributed by atoms with E-state index < -0.39 is 0 Å². The maximum Gasteiger partial charge on any atom is 0.266 e. The third-order valence-corrected chi connectivity index (χ3v) is 7.24. The molecular weight excluding hydrogens is 461 g/mol. The Morgan fingerprint density at radius 2 is 1.96 bits per heavy atom. The maximum absolute atomic E-state index is 12.9. The average molecular weight is 485 g/mol. The molecule has 27 heavy (non-hydrogen) atoms. The lowest BCUT2D eigenvalue weighted by Crippen LogP contribution is -2.45. The molecule has 9 heteroatoms. The van der Waals surface area contributed by atoms with Gasteiger partial charge in [-0.15, -0.1) is 0 Å². The van der Waals surface area contributed by atoms with Gasteiger partial charge in [-0.25, -0.2) is 0 Å². The van der Waals surface area contributed by atoms with Gasteiger partial charge in [0.2, 0.25) is 11.9 Å². The Bertz CT molecular complexity index is 974. The third-order valence-electron chi connectivity index (χ3n) is 6.49. The van der Waals surface area contributed by atoms with E-state index in [1.54, 1.807) is 11.6 Å². The molecule has 2 saturated heterocycles. The normalized spacial score (nSPS) is 24.9. The zero-order valence-electron chi connectivity index (χ0n) is 16.0. The van der Waals surface area contributed by atoms with Crippen LogP contribution >= 0.6 is 22.6 Å². The van der Waals surface area contributed by atoms with Gasteiger partial charge in [0, 0.05) is 32.5 Å². The number of anilines is 1. The highest BCUT2D eigenvalue weighted by atomic mass is 127. The Labute approximate surface area is 171 Å². The molecule has 2 aliphatic heterocycles. The molecule has 2 aromatic rings. The lowest BCUT2D eigenvalue weighted by Gasteiger charge is -2.42. The van der Waals surface area contributed by atoms with Crippen molar-refractivity contribution in [2.24, 2.45) is 18.4 Å². The van der Waals surface area contributed by atoms with E-state index in [0.29, 0.717) is 32.7 Å². The first-order chi connectivity index (χ1) is 12.7. The van der Waals surface area contributed by atoms with E-state index >= 15 is 0 Å². The lowest BCUT2D eigenvalue weighted by atomic mass is 9.70. The van der Waals surface area contributed by atoms with Crippen molar-refractivity contribution in [2.75, 3.05) is 24.6 Å². The fourth-order valence-corrected chi connectivity index (χ4v) is 5.11. The minimum Gasteiger partial charge on any atom is -0.378 e. The van der Waals surface area contributed by atoms with Crippen molar-refractivity contribution in [3.8, 4) is 0 Å². The highest BCUT2D eigenvalue weighted by Crippen LogP contribution is 2.46. The number of carbonyl (C=O) groups is 1. The van der Waals surface area contributed by atoms with E-state index in [0.717, 1.165) is 32.5 Å². The number of aromatic nitrogens is 4. The molecule has 0 saturated carbocycles. The van der Waals surface area contributed by atoms with Gasteiger partial charge in [0.15, 0.2) is 5.65 Å². The van der Waals surface area contributed by atoms with Crippen molar-refractivity contribution < 1.29 is 9.53 Å². The zero-order chi connectivity index (χ0) is 19.5. The molecule has 0 amide bonds. The topological polar surface area (TPSA) is 82.2 Å². The van der Waals surface area contributed by atoms with E-state index in [9.17, 15) is 9.59 Å². The maximum atomic E-state index is 12.9. The SMILES string of the molecule is CC(=O)n1nc(I)c2c(=O)n(C)c(N3CCC4(CC3)CO[C@@H](C)[C@H]4C)nc21. The van der Waals surface area contributed by atoms with Gasteiger partial charge >= 0.3 is 0 Å². The fraction of sp³-hybridized carbons (Fsp3) is 0.667. The van der Waals surface area contributed by atoms with Gasteiger partial charge in [0.25, 0.3) is 5.56 Å². The van der Waals surface area contributed by atoms with E-state index in [2.05, 4.69) is 28.8 Å². The van der Waals surface area contributed by atoms with Crippen molar-refractivity contribution in [2.45, 2.75) is 39.7 Å². The summed E-state index contributed by atoms with van der Waals surface area (Å²) in [7, 11) is 1.74. The molecule has 4 rings (SSSR count). The molecule has 2 aliphatic rings. The molecule has 0 aromatic carbocycles. The molecule has 0 radical (unpaired) electrons. The van der Waals surface area contributed by atoms with Crippen molar-refractivity contribution in [3.63, 3.8) is 0 Å². The summed E-state index contributed by atoms with van der Waals surface area (Å²) in [5.41, 5.74) is 0.393. The molecule has 0 aliphatic carbocycles. The van der Waals surface area contributed by atoms with Crippen LogP contribution in [0.2, 0.25) is 0 Å². The average Bonchev–Trinajstić information content (AvgIpc) is 3.12. The zero-order valence-corrected chi connectivity index (χ0v) is 18.2. The number of nitrogens with zero attached hydrogens (tertiary/aromatic N) is 5. The van der Waals surface area contributed by atoms with Gasteiger partial charge in [0.1, 0.15) is 9.09 Å². The summed E-state index contributed by atoms with van der Waals surface area (Å²) in [5.74, 6) is 0.874. The highest BCUT2D eigenvalue weighted by molar-refractivity contribution is 14.1. The van der Waals surface area contributed by atoms with Crippen LogP contribution in [0.1, 0.15) is 38.4 Å². The molecule has 4 heterocycles. The van der Waals surface area contributed by atoms with Crippen LogP contribution in [-0.4, -0.2) is 51.0 Å². The Morgan fingerprint density at radius 3 is 2.52 bits per heavy atom. The van der Waals surface area contributed by atoms with Crippen molar-refractivity contribution >= 4 is 45.5 Å². The van der Waals surface area contributed by atoms with Crippen LogP contribution in [0.5, 0.6) is 0 Å². The number of carbonyl (C=O) groups excluding carboxylic acids is 1. The first-order valence-electron chi connectivity index (χ1n) is 9.28. The first kappa shape index (κ1) is 18.9. The summed E-state index contributed by atoms with van der Waals surface area (Å²) in [6, 6.07) is 0. The molecule has 0 bridgehead atoms. The first-order valence-corrected chi connectivity index (χ1v) is 10.4.